The molecule has 1 saturated carbocycles. The van der Waals surface area contributed by atoms with E-state index in [1.807, 2.05) is 12.3 Å². The molecule has 5 heteroatoms. The van der Waals surface area contributed by atoms with Gasteiger partial charge in [0.15, 0.2) is 0 Å². The first-order valence-corrected chi connectivity index (χ1v) is 9.99. The van der Waals surface area contributed by atoms with Crippen LogP contribution in [0.25, 0.3) is 22.0 Å². The average molecular weight is 375 g/mol. The van der Waals surface area contributed by atoms with Crippen molar-refractivity contribution in [2.75, 3.05) is 0 Å². The highest BCUT2D eigenvalue weighted by atomic mass is 16.2. The van der Waals surface area contributed by atoms with Crippen molar-refractivity contribution in [3.05, 3.63) is 63.7 Å². The molecule has 1 aliphatic rings. The van der Waals surface area contributed by atoms with E-state index < -0.39 is 11.5 Å². The number of fused-ring (bicyclic) bond motifs is 1. The Balaban J connectivity index is 1.97. The zero-order valence-electron chi connectivity index (χ0n) is 16.3. The molecule has 1 aliphatic carbocycles. The SMILES string of the molecule is CCC(CC)c1ccc2cc(C(N)=O)c(=O)[nH]c2c1-c1ccc(C2CC2)nc1. The molecule has 4 rings (SSSR count). The van der Waals surface area contributed by atoms with Gasteiger partial charge in [0.1, 0.15) is 5.56 Å². The van der Waals surface area contributed by atoms with Crippen LogP contribution in [0.15, 0.2) is 41.3 Å². The summed E-state index contributed by atoms with van der Waals surface area (Å²) in [6.45, 7) is 4.35. The van der Waals surface area contributed by atoms with E-state index in [2.05, 4.69) is 42.0 Å². The van der Waals surface area contributed by atoms with Crippen molar-refractivity contribution in [2.24, 2.45) is 5.73 Å². The molecule has 0 bridgehead atoms. The summed E-state index contributed by atoms with van der Waals surface area (Å²) in [7, 11) is 0. The molecule has 0 saturated heterocycles. The monoisotopic (exact) mass is 375 g/mol. The fourth-order valence-electron chi connectivity index (χ4n) is 4.03. The third-order valence-corrected chi connectivity index (χ3v) is 5.81. The Hall–Kier alpha value is -2.95. The van der Waals surface area contributed by atoms with E-state index in [0.717, 1.165) is 40.6 Å². The largest absolute Gasteiger partial charge is 0.365 e. The minimum atomic E-state index is -0.718. The van der Waals surface area contributed by atoms with Crippen molar-refractivity contribution in [1.82, 2.24) is 9.97 Å². The van der Waals surface area contributed by atoms with E-state index >= 15 is 0 Å². The predicted octanol–water partition coefficient (Wildman–Crippen LogP) is 4.47. The highest BCUT2D eigenvalue weighted by Crippen LogP contribution is 2.41. The molecule has 0 spiro atoms. The van der Waals surface area contributed by atoms with E-state index in [0.29, 0.717) is 11.8 Å². The number of rotatable bonds is 6. The van der Waals surface area contributed by atoms with Gasteiger partial charge in [-0.25, -0.2) is 0 Å². The summed E-state index contributed by atoms with van der Waals surface area (Å²) in [5.74, 6) is 0.254. The number of benzene rings is 1. The second-order valence-corrected chi connectivity index (χ2v) is 7.63. The zero-order chi connectivity index (χ0) is 19.8. The molecule has 2 aromatic heterocycles. The molecule has 3 N–H and O–H groups in total. The Morgan fingerprint density at radius 3 is 2.54 bits per heavy atom. The van der Waals surface area contributed by atoms with Gasteiger partial charge in [-0.3, -0.25) is 14.6 Å². The number of aromatic nitrogens is 2. The van der Waals surface area contributed by atoms with Crippen LogP contribution in [0.1, 0.15) is 73.0 Å². The van der Waals surface area contributed by atoms with Crippen LogP contribution in [-0.4, -0.2) is 15.9 Å². The fraction of sp³-hybridized carbons (Fsp3) is 0.348. The molecule has 5 nitrogen and oxygen atoms in total. The van der Waals surface area contributed by atoms with Crippen LogP contribution in [0.2, 0.25) is 0 Å². The van der Waals surface area contributed by atoms with Gasteiger partial charge in [-0.2, -0.15) is 0 Å². The lowest BCUT2D eigenvalue weighted by molar-refractivity contribution is 0.0999. The minimum absolute atomic E-state index is 0.0176. The van der Waals surface area contributed by atoms with E-state index in [1.165, 1.54) is 18.4 Å². The van der Waals surface area contributed by atoms with Crippen molar-refractivity contribution in [3.63, 3.8) is 0 Å². The number of hydrogen-bond donors (Lipinski definition) is 2. The Morgan fingerprint density at radius 2 is 1.96 bits per heavy atom. The van der Waals surface area contributed by atoms with Crippen LogP contribution in [0.4, 0.5) is 0 Å². The molecule has 3 aromatic rings. The van der Waals surface area contributed by atoms with E-state index in [-0.39, 0.29) is 5.56 Å². The summed E-state index contributed by atoms with van der Waals surface area (Å²) < 4.78 is 0. The second-order valence-electron chi connectivity index (χ2n) is 7.63. The molecular formula is C23H25N3O2. The van der Waals surface area contributed by atoms with Crippen molar-refractivity contribution < 1.29 is 4.79 Å². The van der Waals surface area contributed by atoms with Gasteiger partial charge in [0.2, 0.25) is 0 Å². The minimum Gasteiger partial charge on any atom is -0.365 e. The van der Waals surface area contributed by atoms with E-state index in [4.69, 9.17) is 5.73 Å². The molecule has 0 unspecified atom stereocenters. The normalized spacial score (nSPS) is 14.0. The van der Waals surface area contributed by atoms with Crippen LogP contribution < -0.4 is 11.3 Å². The van der Waals surface area contributed by atoms with Crippen molar-refractivity contribution in [1.29, 1.82) is 0 Å². The first-order valence-electron chi connectivity index (χ1n) is 9.99. The first kappa shape index (κ1) is 18.4. The second kappa shape index (κ2) is 7.23. The number of amides is 1. The zero-order valence-corrected chi connectivity index (χ0v) is 16.3. The number of nitrogens with one attached hydrogen (secondary N) is 1. The summed E-state index contributed by atoms with van der Waals surface area (Å²) in [5.41, 5.74) is 9.94. The fourth-order valence-corrected chi connectivity index (χ4v) is 4.03. The highest BCUT2D eigenvalue weighted by molar-refractivity contribution is 6.00. The molecule has 0 atom stereocenters. The lowest BCUT2D eigenvalue weighted by atomic mass is 9.86. The quantitative estimate of drug-likeness (QED) is 0.666. The lowest BCUT2D eigenvalue weighted by Crippen LogP contribution is -2.23. The van der Waals surface area contributed by atoms with Crippen molar-refractivity contribution >= 4 is 16.8 Å². The van der Waals surface area contributed by atoms with Crippen LogP contribution in [0.5, 0.6) is 0 Å². The number of primary amides is 1. The molecule has 2 heterocycles. The maximum atomic E-state index is 12.5. The summed E-state index contributed by atoms with van der Waals surface area (Å²) in [6, 6.07) is 9.84. The maximum Gasteiger partial charge on any atom is 0.261 e. The number of carbonyl (C=O) groups is 1. The highest BCUT2D eigenvalue weighted by Gasteiger charge is 2.25. The number of hydrogen-bond acceptors (Lipinski definition) is 3. The Kier molecular flexibility index (Phi) is 4.75. The van der Waals surface area contributed by atoms with Gasteiger partial charge in [0.25, 0.3) is 11.5 Å². The van der Waals surface area contributed by atoms with E-state index in [9.17, 15) is 9.59 Å². The van der Waals surface area contributed by atoms with Gasteiger partial charge < -0.3 is 10.7 Å². The number of H-pyrrole nitrogens is 1. The smallest absolute Gasteiger partial charge is 0.261 e. The predicted molar refractivity (Wildman–Crippen MR) is 112 cm³/mol. The van der Waals surface area contributed by atoms with Gasteiger partial charge in [-0.1, -0.05) is 32.0 Å². The summed E-state index contributed by atoms with van der Waals surface area (Å²) in [5, 5.41) is 0.796. The van der Waals surface area contributed by atoms with Gasteiger partial charge in [0.05, 0.1) is 5.52 Å². The third-order valence-electron chi connectivity index (χ3n) is 5.81. The maximum absolute atomic E-state index is 12.5. The molecule has 144 valence electrons. The standard InChI is InChI=1S/C23H25N3O2/c1-3-13(4-2)17-9-7-15-11-18(22(24)27)23(28)26-21(15)20(17)16-8-10-19(25-12-16)14-5-6-14/h7-14H,3-6H2,1-2H3,(H2,24,27)(H,26,28). The van der Waals surface area contributed by atoms with Gasteiger partial charge in [0, 0.05) is 28.9 Å². The molecule has 1 aromatic carbocycles. The summed E-state index contributed by atoms with van der Waals surface area (Å²) >= 11 is 0. The third kappa shape index (κ3) is 3.21. The molecule has 0 aliphatic heterocycles. The Bertz CT molecular complexity index is 1090. The van der Waals surface area contributed by atoms with Crippen LogP contribution >= 0.6 is 0 Å². The molecule has 1 amide bonds. The van der Waals surface area contributed by atoms with Crippen LogP contribution in [-0.2, 0) is 0 Å². The summed E-state index contributed by atoms with van der Waals surface area (Å²) in [4.78, 5) is 31.6. The number of nitrogens with zero attached hydrogens (tertiary/aromatic N) is 1. The summed E-state index contributed by atoms with van der Waals surface area (Å²) in [6.07, 6.45) is 6.35. The van der Waals surface area contributed by atoms with Crippen molar-refractivity contribution in [2.45, 2.75) is 51.4 Å². The molecule has 1 fully saturated rings. The topological polar surface area (TPSA) is 88.8 Å². The number of pyridine rings is 2. The van der Waals surface area contributed by atoms with Crippen molar-refractivity contribution in [3.8, 4) is 11.1 Å². The van der Waals surface area contributed by atoms with Gasteiger partial charge in [-0.15, -0.1) is 0 Å². The van der Waals surface area contributed by atoms with Gasteiger partial charge >= 0.3 is 0 Å². The molecule has 28 heavy (non-hydrogen) atoms. The van der Waals surface area contributed by atoms with E-state index in [1.54, 1.807) is 6.07 Å². The lowest BCUT2D eigenvalue weighted by Gasteiger charge is -2.20. The number of nitrogens with two attached hydrogens (primary N) is 1. The van der Waals surface area contributed by atoms with Crippen LogP contribution in [0.3, 0.4) is 0 Å². The van der Waals surface area contributed by atoms with Crippen LogP contribution in [0, 0.1) is 0 Å². The Labute approximate surface area is 164 Å². The number of carbonyl (C=O) groups excluding carboxylic acids is 1. The first-order chi connectivity index (χ1) is 13.5. The molecular weight excluding hydrogens is 350 g/mol. The average Bonchev–Trinajstić information content (AvgIpc) is 3.53. The van der Waals surface area contributed by atoms with Gasteiger partial charge in [-0.05, 0) is 54.7 Å². The number of aromatic amines is 1. The Morgan fingerprint density at radius 1 is 1.21 bits per heavy atom. The molecule has 0 radical (unpaired) electrons.